The number of carbonyl (C=O) groups is 2. The molecule has 7 nitrogen and oxygen atoms in total. The van der Waals surface area contributed by atoms with E-state index < -0.39 is 0 Å². The predicted octanol–water partition coefficient (Wildman–Crippen LogP) is 2.25. The number of ether oxygens (including phenoxy) is 2. The molecule has 2 saturated heterocycles. The average Bonchev–Trinajstić information content (AvgIpc) is 3.41. The minimum absolute atomic E-state index is 0.0405. The Kier molecular flexibility index (Phi) is 5.51. The lowest BCUT2D eigenvalue weighted by Gasteiger charge is -2.37. The summed E-state index contributed by atoms with van der Waals surface area (Å²) in [6.07, 6.45) is 1.02. The maximum absolute atomic E-state index is 13.3. The normalized spacial score (nSPS) is 21.0. The lowest BCUT2D eigenvalue weighted by atomic mass is 10.1. The highest BCUT2D eigenvalue weighted by atomic mass is 16.7. The van der Waals surface area contributed by atoms with Crippen molar-refractivity contribution in [1.29, 1.82) is 0 Å². The second-order valence-electron chi connectivity index (χ2n) is 8.35. The molecule has 2 aromatic rings. The Labute approximate surface area is 182 Å². The van der Waals surface area contributed by atoms with Crippen molar-refractivity contribution in [3.63, 3.8) is 0 Å². The van der Waals surface area contributed by atoms with Gasteiger partial charge in [-0.2, -0.15) is 0 Å². The molecule has 0 saturated carbocycles. The number of benzene rings is 2. The van der Waals surface area contributed by atoms with Gasteiger partial charge >= 0.3 is 0 Å². The first-order chi connectivity index (χ1) is 15.2. The van der Waals surface area contributed by atoms with Crippen molar-refractivity contribution < 1.29 is 19.1 Å². The summed E-state index contributed by atoms with van der Waals surface area (Å²) in [7, 11) is 0. The molecule has 1 atom stereocenters. The fourth-order valence-electron chi connectivity index (χ4n) is 4.60. The summed E-state index contributed by atoms with van der Waals surface area (Å²) in [5.41, 5.74) is 2.24. The summed E-state index contributed by atoms with van der Waals surface area (Å²) in [5.74, 6) is 1.53. The molecule has 0 N–H and O–H groups in total. The van der Waals surface area contributed by atoms with Crippen molar-refractivity contribution in [1.82, 2.24) is 14.7 Å². The molecule has 0 aliphatic carbocycles. The number of piperazine rings is 1. The molecule has 2 fully saturated rings. The van der Waals surface area contributed by atoms with Gasteiger partial charge in [-0.1, -0.05) is 36.4 Å². The summed E-state index contributed by atoms with van der Waals surface area (Å²) >= 11 is 0. The van der Waals surface area contributed by atoms with Crippen LogP contribution in [0.5, 0.6) is 11.5 Å². The van der Waals surface area contributed by atoms with Gasteiger partial charge in [0.05, 0.1) is 0 Å². The lowest BCUT2D eigenvalue weighted by Crippen LogP contribution is -2.53. The zero-order valence-corrected chi connectivity index (χ0v) is 17.5. The summed E-state index contributed by atoms with van der Waals surface area (Å²) in [5, 5.41) is 0. The molecule has 5 rings (SSSR count). The van der Waals surface area contributed by atoms with E-state index >= 15 is 0 Å². The Morgan fingerprint density at radius 1 is 0.903 bits per heavy atom. The Morgan fingerprint density at radius 2 is 1.68 bits per heavy atom. The van der Waals surface area contributed by atoms with Crippen molar-refractivity contribution in [2.75, 3.05) is 33.0 Å². The van der Waals surface area contributed by atoms with E-state index in [1.54, 1.807) is 4.90 Å². The van der Waals surface area contributed by atoms with Gasteiger partial charge in [0, 0.05) is 45.7 Å². The van der Waals surface area contributed by atoms with Gasteiger partial charge in [-0.15, -0.1) is 0 Å². The molecule has 3 aliphatic rings. The van der Waals surface area contributed by atoms with Crippen LogP contribution in [-0.2, 0) is 22.7 Å². The van der Waals surface area contributed by atoms with Crippen LogP contribution in [0.3, 0.4) is 0 Å². The van der Waals surface area contributed by atoms with Gasteiger partial charge in [-0.3, -0.25) is 14.5 Å². The zero-order valence-electron chi connectivity index (χ0n) is 17.5. The molecule has 2 aromatic carbocycles. The van der Waals surface area contributed by atoms with Crippen molar-refractivity contribution in [3.05, 3.63) is 59.7 Å². The molecule has 31 heavy (non-hydrogen) atoms. The largest absolute Gasteiger partial charge is 0.454 e. The number of nitrogens with zero attached hydrogens (tertiary/aromatic N) is 3. The third-order valence-corrected chi connectivity index (χ3v) is 6.34. The van der Waals surface area contributed by atoms with Crippen LogP contribution >= 0.6 is 0 Å². The second-order valence-corrected chi connectivity index (χ2v) is 8.35. The molecule has 1 unspecified atom stereocenters. The predicted molar refractivity (Wildman–Crippen MR) is 114 cm³/mol. The molecular weight excluding hydrogens is 394 g/mol. The zero-order chi connectivity index (χ0) is 21.2. The van der Waals surface area contributed by atoms with Gasteiger partial charge in [-0.05, 0) is 29.7 Å². The minimum Gasteiger partial charge on any atom is -0.454 e. The molecule has 3 aliphatic heterocycles. The molecule has 3 heterocycles. The minimum atomic E-state index is -0.376. The highest BCUT2D eigenvalue weighted by Crippen LogP contribution is 2.33. The van der Waals surface area contributed by atoms with E-state index in [9.17, 15) is 9.59 Å². The van der Waals surface area contributed by atoms with E-state index in [4.69, 9.17) is 9.47 Å². The fraction of sp³-hybridized carbons (Fsp3) is 0.417. The topological polar surface area (TPSA) is 62.3 Å². The highest BCUT2D eigenvalue weighted by molar-refractivity contribution is 5.91. The van der Waals surface area contributed by atoms with Crippen LogP contribution in [-0.4, -0.2) is 65.5 Å². The van der Waals surface area contributed by atoms with E-state index in [0.717, 1.165) is 30.9 Å². The van der Waals surface area contributed by atoms with Gasteiger partial charge in [0.15, 0.2) is 11.5 Å². The standard InChI is InChI=1S/C24H27N3O4/c28-23-9-7-20(27(23)16-19-6-8-21-22(14-19)31-17-30-21)24(29)26-12-10-25(11-13-26)15-18-4-2-1-3-5-18/h1-6,8,14,20H,7,9-13,15-17H2. The van der Waals surface area contributed by atoms with Crippen LogP contribution in [0.15, 0.2) is 48.5 Å². The van der Waals surface area contributed by atoms with Gasteiger partial charge in [0.25, 0.3) is 0 Å². The molecule has 0 radical (unpaired) electrons. The summed E-state index contributed by atoms with van der Waals surface area (Å²) in [6, 6.07) is 15.7. The van der Waals surface area contributed by atoms with Crippen LogP contribution in [0, 0.1) is 0 Å². The first-order valence-corrected chi connectivity index (χ1v) is 10.9. The molecule has 0 aromatic heterocycles. The third-order valence-electron chi connectivity index (χ3n) is 6.34. The van der Waals surface area contributed by atoms with Crippen LogP contribution in [0.4, 0.5) is 0 Å². The van der Waals surface area contributed by atoms with E-state index in [2.05, 4.69) is 29.2 Å². The Morgan fingerprint density at radius 3 is 2.48 bits per heavy atom. The van der Waals surface area contributed by atoms with Crippen molar-refractivity contribution in [3.8, 4) is 11.5 Å². The van der Waals surface area contributed by atoms with Crippen LogP contribution in [0.2, 0.25) is 0 Å². The molecule has 0 bridgehead atoms. The number of rotatable bonds is 5. The SMILES string of the molecule is O=C(C1CCC(=O)N1Cc1ccc2c(c1)OCO2)N1CCN(Cc2ccccc2)CC1. The van der Waals surface area contributed by atoms with Crippen LogP contribution in [0.1, 0.15) is 24.0 Å². The van der Waals surface area contributed by atoms with Crippen LogP contribution in [0.25, 0.3) is 0 Å². The maximum Gasteiger partial charge on any atom is 0.245 e. The first kappa shape index (κ1) is 19.9. The lowest BCUT2D eigenvalue weighted by molar-refractivity contribution is -0.143. The fourth-order valence-corrected chi connectivity index (χ4v) is 4.60. The monoisotopic (exact) mass is 421 g/mol. The van der Waals surface area contributed by atoms with Gasteiger partial charge in [0.2, 0.25) is 18.6 Å². The Balaban J connectivity index is 1.20. The Bertz CT molecular complexity index is 957. The quantitative estimate of drug-likeness (QED) is 0.741. The molecule has 7 heteroatoms. The van der Waals surface area contributed by atoms with E-state index in [0.29, 0.717) is 38.2 Å². The highest BCUT2D eigenvalue weighted by Gasteiger charge is 2.39. The number of amides is 2. The van der Waals surface area contributed by atoms with Gasteiger partial charge < -0.3 is 19.3 Å². The van der Waals surface area contributed by atoms with E-state index in [-0.39, 0.29) is 24.6 Å². The smallest absolute Gasteiger partial charge is 0.245 e. The second kappa shape index (κ2) is 8.59. The summed E-state index contributed by atoms with van der Waals surface area (Å²) < 4.78 is 10.8. The number of carbonyl (C=O) groups excluding carboxylic acids is 2. The molecule has 0 spiro atoms. The number of fused-ring (bicyclic) bond motifs is 1. The van der Waals surface area contributed by atoms with Crippen molar-refractivity contribution in [2.24, 2.45) is 0 Å². The summed E-state index contributed by atoms with van der Waals surface area (Å²) in [6.45, 7) is 4.65. The first-order valence-electron chi connectivity index (χ1n) is 10.9. The molecular formula is C24H27N3O4. The third kappa shape index (κ3) is 4.23. The Hall–Kier alpha value is -3.06. The van der Waals surface area contributed by atoms with E-state index in [1.165, 1.54) is 5.56 Å². The average molecular weight is 421 g/mol. The number of hydrogen-bond acceptors (Lipinski definition) is 5. The number of likely N-dealkylation sites (tertiary alicyclic amines) is 1. The van der Waals surface area contributed by atoms with E-state index in [1.807, 2.05) is 29.2 Å². The summed E-state index contributed by atoms with van der Waals surface area (Å²) in [4.78, 5) is 31.9. The van der Waals surface area contributed by atoms with Crippen molar-refractivity contribution >= 4 is 11.8 Å². The maximum atomic E-state index is 13.3. The van der Waals surface area contributed by atoms with Crippen molar-refractivity contribution in [2.45, 2.75) is 32.0 Å². The van der Waals surface area contributed by atoms with Crippen LogP contribution < -0.4 is 9.47 Å². The van der Waals surface area contributed by atoms with Gasteiger partial charge in [0.1, 0.15) is 6.04 Å². The number of hydrogen-bond donors (Lipinski definition) is 0. The molecule has 162 valence electrons. The molecule has 2 amide bonds. The van der Waals surface area contributed by atoms with Gasteiger partial charge in [-0.25, -0.2) is 0 Å².